The zero-order chi connectivity index (χ0) is 21.6. The van der Waals surface area contributed by atoms with Gasteiger partial charge in [-0.2, -0.15) is 5.10 Å². The van der Waals surface area contributed by atoms with Crippen molar-refractivity contribution < 1.29 is 9.53 Å². The van der Waals surface area contributed by atoms with Gasteiger partial charge in [0.05, 0.1) is 43.5 Å². The van der Waals surface area contributed by atoms with Gasteiger partial charge in [-0.3, -0.25) is 14.5 Å². The molecule has 0 radical (unpaired) electrons. The number of carbonyl (C=O) groups is 1. The molecule has 4 rings (SSSR count). The van der Waals surface area contributed by atoms with Crippen LogP contribution in [0.1, 0.15) is 5.56 Å². The Hall–Kier alpha value is -4.27. The number of benzene rings is 1. The van der Waals surface area contributed by atoms with Gasteiger partial charge < -0.3 is 15.4 Å². The highest BCUT2D eigenvalue weighted by Gasteiger charge is 2.07. The fourth-order valence-corrected chi connectivity index (χ4v) is 2.96. The number of nitrogens with one attached hydrogen (secondary N) is 2. The van der Waals surface area contributed by atoms with Crippen molar-refractivity contribution in [3.8, 4) is 16.9 Å². The average Bonchev–Trinajstić information content (AvgIpc) is 3.19. The van der Waals surface area contributed by atoms with Crippen molar-refractivity contribution in [2.75, 3.05) is 17.7 Å². The molecule has 0 aliphatic carbocycles. The molecular weight excluding hydrogens is 394 g/mol. The predicted molar refractivity (Wildman–Crippen MR) is 117 cm³/mol. The maximum Gasteiger partial charge on any atom is 0.228 e. The van der Waals surface area contributed by atoms with Crippen molar-refractivity contribution in [3.05, 3.63) is 73.1 Å². The summed E-state index contributed by atoms with van der Waals surface area (Å²) >= 11 is 0. The molecule has 31 heavy (non-hydrogen) atoms. The first kappa shape index (κ1) is 20.0. The van der Waals surface area contributed by atoms with E-state index in [1.807, 2.05) is 37.5 Å². The van der Waals surface area contributed by atoms with E-state index in [9.17, 15) is 4.79 Å². The Balaban J connectivity index is 1.36. The van der Waals surface area contributed by atoms with Crippen LogP contribution in [-0.2, 0) is 18.3 Å². The molecule has 1 aromatic carbocycles. The van der Waals surface area contributed by atoms with Gasteiger partial charge in [-0.25, -0.2) is 9.97 Å². The summed E-state index contributed by atoms with van der Waals surface area (Å²) in [5.74, 6) is 0.958. The van der Waals surface area contributed by atoms with Crippen LogP contribution in [0.25, 0.3) is 11.1 Å². The summed E-state index contributed by atoms with van der Waals surface area (Å²) < 4.78 is 6.82. The minimum Gasteiger partial charge on any atom is -0.495 e. The molecule has 0 unspecified atom stereocenters. The van der Waals surface area contributed by atoms with Crippen LogP contribution in [0.2, 0.25) is 0 Å². The molecular formula is C22H21N7O2. The van der Waals surface area contributed by atoms with E-state index in [1.165, 1.54) is 0 Å². The zero-order valence-corrected chi connectivity index (χ0v) is 17.1. The average molecular weight is 415 g/mol. The lowest BCUT2D eigenvalue weighted by molar-refractivity contribution is -0.115. The van der Waals surface area contributed by atoms with Crippen LogP contribution < -0.4 is 15.4 Å². The summed E-state index contributed by atoms with van der Waals surface area (Å²) in [6, 6.07) is 9.45. The summed E-state index contributed by atoms with van der Waals surface area (Å²) in [6.07, 6.45) is 10.5. The summed E-state index contributed by atoms with van der Waals surface area (Å²) in [7, 11) is 3.40. The quantitative estimate of drug-likeness (QED) is 0.477. The number of rotatable bonds is 7. The Labute approximate surface area is 179 Å². The minimum absolute atomic E-state index is 0.128. The number of methoxy groups -OCH3 is 1. The lowest BCUT2D eigenvalue weighted by Crippen LogP contribution is -2.14. The smallest absolute Gasteiger partial charge is 0.228 e. The molecule has 0 atom stereocenters. The maximum atomic E-state index is 12.3. The fourth-order valence-electron chi connectivity index (χ4n) is 2.96. The first-order valence-electron chi connectivity index (χ1n) is 9.55. The van der Waals surface area contributed by atoms with Crippen LogP contribution in [-0.4, -0.2) is 37.7 Å². The van der Waals surface area contributed by atoms with Gasteiger partial charge in [0.25, 0.3) is 0 Å². The molecule has 1 amide bonds. The number of carbonyl (C=O) groups excluding carboxylic acids is 1. The number of anilines is 3. The molecule has 0 saturated heterocycles. The molecule has 3 aromatic heterocycles. The second-order valence-corrected chi connectivity index (χ2v) is 6.86. The van der Waals surface area contributed by atoms with E-state index in [0.717, 1.165) is 22.4 Å². The molecule has 0 aliphatic rings. The third kappa shape index (κ3) is 5.21. The van der Waals surface area contributed by atoms with Crippen molar-refractivity contribution in [2.45, 2.75) is 6.42 Å². The van der Waals surface area contributed by atoms with Crippen molar-refractivity contribution in [1.29, 1.82) is 0 Å². The minimum atomic E-state index is -0.128. The second kappa shape index (κ2) is 9.04. The molecule has 0 bridgehead atoms. The predicted octanol–water partition coefficient (Wildman–Crippen LogP) is 3.21. The molecule has 9 heteroatoms. The zero-order valence-electron chi connectivity index (χ0n) is 17.1. The van der Waals surface area contributed by atoms with Crippen LogP contribution in [0.3, 0.4) is 0 Å². The van der Waals surface area contributed by atoms with Crippen LogP contribution >= 0.6 is 0 Å². The molecule has 0 aliphatic heterocycles. The molecule has 0 spiro atoms. The summed E-state index contributed by atoms with van der Waals surface area (Å²) in [5, 5.41) is 10.0. The number of hydrogen-bond donors (Lipinski definition) is 2. The molecule has 0 saturated carbocycles. The highest BCUT2D eigenvalue weighted by Crippen LogP contribution is 2.20. The number of amides is 1. The SMILES string of the molecule is COc1cncc(NC(=O)Cc2ccc(-c3cnc(Nc4cnn(C)c4)nc3)cc2)c1. The van der Waals surface area contributed by atoms with Gasteiger partial charge >= 0.3 is 0 Å². The monoisotopic (exact) mass is 415 g/mol. The van der Waals surface area contributed by atoms with E-state index < -0.39 is 0 Å². The first-order valence-corrected chi connectivity index (χ1v) is 9.55. The number of nitrogens with zero attached hydrogens (tertiary/aromatic N) is 5. The van der Waals surface area contributed by atoms with Crippen LogP contribution in [0.4, 0.5) is 17.3 Å². The van der Waals surface area contributed by atoms with Crippen molar-refractivity contribution in [1.82, 2.24) is 24.7 Å². The van der Waals surface area contributed by atoms with Gasteiger partial charge in [0, 0.05) is 37.3 Å². The van der Waals surface area contributed by atoms with Crippen molar-refractivity contribution >= 4 is 23.2 Å². The fraction of sp³-hybridized carbons (Fsp3) is 0.136. The molecule has 3 heterocycles. The van der Waals surface area contributed by atoms with Gasteiger partial charge in [0.15, 0.2) is 0 Å². The Kier molecular flexibility index (Phi) is 5.84. The first-order chi connectivity index (χ1) is 15.1. The standard InChI is InChI=1S/C22H21N7O2/c1-29-14-19(12-26-29)28-22-24-9-17(10-25-22)16-5-3-15(4-6-16)7-21(30)27-18-8-20(31-2)13-23-11-18/h3-6,8-14H,7H2,1-2H3,(H,27,30)(H,24,25,28). The Morgan fingerprint density at radius 1 is 1.00 bits per heavy atom. The van der Waals surface area contributed by atoms with Gasteiger partial charge in [-0.1, -0.05) is 24.3 Å². The van der Waals surface area contributed by atoms with Gasteiger partial charge in [-0.15, -0.1) is 0 Å². The van der Waals surface area contributed by atoms with E-state index >= 15 is 0 Å². The van der Waals surface area contributed by atoms with Crippen molar-refractivity contribution in [3.63, 3.8) is 0 Å². The topological polar surface area (TPSA) is 107 Å². The van der Waals surface area contributed by atoms with E-state index in [2.05, 4.69) is 30.7 Å². The van der Waals surface area contributed by atoms with E-state index in [4.69, 9.17) is 4.74 Å². The van der Waals surface area contributed by atoms with E-state index in [-0.39, 0.29) is 12.3 Å². The Morgan fingerprint density at radius 3 is 2.45 bits per heavy atom. The van der Waals surface area contributed by atoms with Gasteiger partial charge in [-0.05, 0) is 11.1 Å². The van der Waals surface area contributed by atoms with Crippen LogP contribution in [0.15, 0.2) is 67.5 Å². The highest BCUT2D eigenvalue weighted by atomic mass is 16.5. The molecule has 0 fully saturated rings. The largest absolute Gasteiger partial charge is 0.495 e. The Morgan fingerprint density at radius 2 is 1.77 bits per heavy atom. The van der Waals surface area contributed by atoms with Gasteiger partial charge in [0.2, 0.25) is 11.9 Å². The summed E-state index contributed by atoms with van der Waals surface area (Å²) in [6.45, 7) is 0. The lowest BCUT2D eigenvalue weighted by Gasteiger charge is -2.08. The molecule has 156 valence electrons. The molecule has 2 N–H and O–H groups in total. The van der Waals surface area contributed by atoms with E-state index in [0.29, 0.717) is 17.4 Å². The summed E-state index contributed by atoms with van der Waals surface area (Å²) in [4.78, 5) is 25.0. The summed E-state index contributed by atoms with van der Waals surface area (Å²) in [5.41, 5.74) is 4.16. The lowest BCUT2D eigenvalue weighted by atomic mass is 10.1. The molecule has 9 nitrogen and oxygen atoms in total. The van der Waals surface area contributed by atoms with Crippen LogP contribution in [0, 0.1) is 0 Å². The normalized spacial score (nSPS) is 10.5. The highest BCUT2D eigenvalue weighted by molar-refractivity contribution is 5.92. The number of ether oxygens (including phenoxy) is 1. The third-order valence-corrected chi connectivity index (χ3v) is 4.50. The molecule has 4 aromatic rings. The van der Waals surface area contributed by atoms with Crippen molar-refractivity contribution in [2.24, 2.45) is 7.05 Å². The second-order valence-electron chi connectivity index (χ2n) is 6.86. The maximum absolute atomic E-state index is 12.3. The third-order valence-electron chi connectivity index (χ3n) is 4.50. The Bertz CT molecular complexity index is 1170. The van der Waals surface area contributed by atoms with Crippen LogP contribution in [0.5, 0.6) is 5.75 Å². The number of aromatic nitrogens is 5. The number of aryl methyl sites for hydroxylation is 1. The number of pyridine rings is 1. The van der Waals surface area contributed by atoms with Gasteiger partial charge in [0.1, 0.15) is 5.75 Å². The number of hydrogen-bond acceptors (Lipinski definition) is 7. The van der Waals surface area contributed by atoms with E-state index in [1.54, 1.807) is 48.8 Å².